The maximum atomic E-state index is 3.40. The van der Waals surface area contributed by atoms with Crippen molar-refractivity contribution in [2.45, 2.75) is 20.8 Å². The number of hydrogen-bond acceptors (Lipinski definition) is 3. The molecule has 0 fully saturated rings. The van der Waals surface area contributed by atoms with Gasteiger partial charge in [0.1, 0.15) is 0 Å². The number of hydrogen-bond donors (Lipinski definition) is 0. The van der Waals surface area contributed by atoms with E-state index in [1.54, 1.807) is 34.0 Å². The van der Waals surface area contributed by atoms with E-state index in [2.05, 4.69) is 72.4 Å². The molecule has 0 N–H and O–H groups in total. The molecule has 0 radical (unpaired) electrons. The van der Waals surface area contributed by atoms with Gasteiger partial charge in [-0.3, -0.25) is 0 Å². The van der Waals surface area contributed by atoms with E-state index in [0.717, 1.165) is 50.1 Å². The lowest BCUT2D eigenvalue weighted by Crippen LogP contribution is -2.02. The van der Waals surface area contributed by atoms with Gasteiger partial charge in [0.2, 0.25) is 0 Å². The van der Waals surface area contributed by atoms with Crippen LogP contribution in [0.1, 0.15) is 50.1 Å². The van der Waals surface area contributed by atoms with E-state index in [9.17, 15) is 0 Å². The molecule has 4 aromatic rings. The SMILES string of the molecule is Cc1c(C#Cc2ccsc2)c(C)c(C#Cc2ccsc2)c(C)c1C#Cc1ccsc1. The van der Waals surface area contributed by atoms with Crippen molar-refractivity contribution in [1.82, 2.24) is 0 Å². The molecule has 3 aromatic heterocycles. The maximum Gasteiger partial charge on any atom is 0.0356 e. The van der Waals surface area contributed by atoms with Gasteiger partial charge in [-0.25, -0.2) is 0 Å². The van der Waals surface area contributed by atoms with Gasteiger partial charge in [0, 0.05) is 49.5 Å². The zero-order valence-electron chi connectivity index (χ0n) is 16.9. The molecule has 0 spiro atoms. The predicted octanol–water partition coefficient (Wildman–Crippen LogP) is 7.00. The fourth-order valence-corrected chi connectivity index (χ4v) is 4.96. The van der Waals surface area contributed by atoms with Crippen LogP contribution in [0, 0.1) is 56.3 Å². The Morgan fingerprint density at radius 1 is 0.467 bits per heavy atom. The Bertz CT molecular complexity index is 1160. The first-order valence-corrected chi connectivity index (χ1v) is 12.2. The monoisotopic (exact) mass is 438 g/mol. The first-order chi connectivity index (χ1) is 14.6. The zero-order valence-corrected chi connectivity index (χ0v) is 19.4. The molecule has 0 aliphatic rings. The highest BCUT2D eigenvalue weighted by Gasteiger charge is 2.14. The molecule has 0 saturated carbocycles. The van der Waals surface area contributed by atoms with Crippen molar-refractivity contribution in [3.8, 4) is 35.5 Å². The van der Waals surface area contributed by atoms with E-state index in [1.165, 1.54) is 0 Å². The second-order valence-corrected chi connectivity index (χ2v) is 9.13. The molecule has 0 aliphatic carbocycles. The van der Waals surface area contributed by atoms with Gasteiger partial charge in [-0.05, 0) is 71.8 Å². The minimum Gasteiger partial charge on any atom is -0.151 e. The van der Waals surface area contributed by atoms with E-state index in [-0.39, 0.29) is 0 Å². The van der Waals surface area contributed by atoms with E-state index in [0.29, 0.717) is 0 Å². The number of thiophene rings is 3. The molecule has 0 amide bonds. The summed E-state index contributed by atoms with van der Waals surface area (Å²) < 4.78 is 0. The molecule has 0 saturated heterocycles. The summed E-state index contributed by atoms with van der Waals surface area (Å²) in [5.74, 6) is 20.1. The quantitative estimate of drug-likeness (QED) is 0.259. The van der Waals surface area contributed by atoms with Crippen molar-refractivity contribution < 1.29 is 0 Å². The maximum absolute atomic E-state index is 3.40. The van der Waals surface area contributed by atoms with E-state index in [4.69, 9.17) is 0 Å². The molecule has 0 bridgehead atoms. The van der Waals surface area contributed by atoms with Gasteiger partial charge in [0.25, 0.3) is 0 Å². The summed E-state index contributed by atoms with van der Waals surface area (Å²) in [6.45, 7) is 6.35. The Balaban J connectivity index is 1.90. The van der Waals surface area contributed by atoms with Crippen LogP contribution in [0.4, 0.5) is 0 Å². The summed E-state index contributed by atoms with van der Waals surface area (Å²) in [6.07, 6.45) is 0. The molecule has 0 aliphatic heterocycles. The smallest absolute Gasteiger partial charge is 0.0356 e. The third-order valence-electron chi connectivity index (χ3n) is 4.81. The third kappa shape index (κ3) is 4.43. The van der Waals surface area contributed by atoms with Gasteiger partial charge in [0.05, 0.1) is 0 Å². The highest BCUT2D eigenvalue weighted by atomic mass is 32.1. The number of benzene rings is 1. The fourth-order valence-electron chi connectivity index (χ4n) is 3.19. The fraction of sp³-hybridized carbons (Fsp3) is 0.111. The molecule has 30 heavy (non-hydrogen) atoms. The average molecular weight is 439 g/mol. The molecule has 3 heteroatoms. The lowest BCUT2D eigenvalue weighted by Gasteiger charge is -2.13. The van der Waals surface area contributed by atoms with Gasteiger partial charge < -0.3 is 0 Å². The van der Waals surface area contributed by atoms with Crippen LogP contribution in [-0.4, -0.2) is 0 Å². The predicted molar refractivity (Wildman–Crippen MR) is 132 cm³/mol. The first kappa shape index (κ1) is 20.3. The standard InChI is InChI=1S/C27H18S3/c1-19-25(7-4-22-10-13-28-16-22)20(2)27(9-6-24-12-15-30-18-24)21(3)26(19)8-5-23-11-14-29-17-23/h10-18H,1-3H3. The topological polar surface area (TPSA) is 0 Å². The first-order valence-electron chi connectivity index (χ1n) is 9.40. The van der Waals surface area contributed by atoms with Crippen LogP contribution in [-0.2, 0) is 0 Å². The normalized spacial score (nSPS) is 9.70. The van der Waals surface area contributed by atoms with Crippen LogP contribution >= 0.6 is 34.0 Å². The van der Waals surface area contributed by atoms with Gasteiger partial charge in [-0.2, -0.15) is 34.0 Å². The van der Waals surface area contributed by atoms with Crippen molar-refractivity contribution in [1.29, 1.82) is 0 Å². The lowest BCUT2D eigenvalue weighted by atomic mass is 9.88. The molecule has 0 nitrogen and oxygen atoms in total. The van der Waals surface area contributed by atoms with Gasteiger partial charge in [-0.15, -0.1) is 0 Å². The van der Waals surface area contributed by atoms with Crippen LogP contribution in [0.2, 0.25) is 0 Å². The van der Waals surface area contributed by atoms with Crippen LogP contribution in [0.5, 0.6) is 0 Å². The van der Waals surface area contributed by atoms with E-state index in [1.807, 2.05) is 34.3 Å². The summed E-state index contributed by atoms with van der Waals surface area (Å²) in [5.41, 5.74) is 9.55. The molecular formula is C27H18S3. The molecule has 4 rings (SSSR count). The third-order valence-corrected chi connectivity index (χ3v) is 6.86. The summed E-state index contributed by atoms with van der Waals surface area (Å²) >= 11 is 4.98. The van der Waals surface area contributed by atoms with Crippen LogP contribution in [0.3, 0.4) is 0 Å². The highest BCUT2D eigenvalue weighted by molar-refractivity contribution is 7.08. The Hall–Kier alpha value is -3.00. The van der Waals surface area contributed by atoms with Crippen molar-refractivity contribution >= 4 is 34.0 Å². The average Bonchev–Trinajstić information content (AvgIpc) is 3.51. The molecule has 0 atom stereocenters. The van der Waals surface area contributed by atoms with Crippen LogP contribution in [0.25, 0.3) is 0 Å². The van der Waals surface area contributed by atoms with Crippen molar-refractivity contribution in [2.24, 2.45) is 0 Å². The van der Waals surface area contributed by atoms with Crippen molar-refractivity contribution in [3.63, 3.8) is 0 Å². The minimum absolute atomic E-state index is 1.02. The second kappa shape index (κ2) is 9.21. The summed E-state index contributed by atoms with van der Waals surface area (Å²) in [4.78, 5) is 0. The van der Waals surface area contributed by atoms with E-state index < -0.39 is 0 Å². The van der Waals surface area contributed by atoms with E-state index >= 15 is 0 Å². The lowest BCUT2D eigenvalue weighted by molar-refractivity contribution is 1.25. The summed E-state index contributed by atoms with van der Waals surface area (Å²) in [5, 5.41) is 12.4. The van der Waals surface area contributed by atoms with Gasteiger partial charge in [0.15, 0.2) is 0 Å². The largest absolute Gasteiger partial charge is 0.151 e. The minimum atomic E-state index is 1.02. The Kier molecular flexibility index (Phi) is 6.23. The Morgan fingerprint density at radius 2 is 0.767 bits per heavy atom. The Morgan fingerprint density at radius 3 is 1.00 bits per heavy atom. The van der Waals surface area contributed by atoms with Gasteiger partial charge >= 0.3 is 0 Å². The molecular weight excluding hydrogens is 420 g/mol. The summed E-state index contributed by atoms with van der Waals surface area (Å²) in [7, 11) is 0. The second-order valence-electron chi connectivity index (χ2n) is 6.79. The zero-order chi connectivity index (χ0) is 20.9. The van der Waals surface area contributed by atoms with Crippen LogP contribution < -0.4 is 0 Å². The molecule has 3 heterocycles. The Labute approximate surface area is 190 Å². The van der Waals surface area contributed by atoms with Crippen molar-refractivity contribution in [3.05, 3.63) is 101 Å². The molecule has 0 unspecified atom stereocenters. The molecule has 1 aromatic carbocycles. The molecule has 144 valence electrons. The van der Waals surface area contributed by atoms with Crippen molar-refractivity contribution in [2.75, 3.05) is 0 Å². The van der Waals surface area contributed by atoms with Crippen LogP contribution in [0.15, 0.2) is 50.5 Å². The van der Waals surface area contributed by atoms with Gasteiger partial charge in [-0.1, -0.05) is 35.5 Å². The number of rotatable bonds is 0. The highest BCUT2D eigenvalue weighted by Crippen LogP contribution is 2.26. The summed E-state index contributed by atoms with van der Waals surface area (Å²) in [6, 6.07) is 6.14.